The Kier molecular flexibility index (Phi) is 7.47. The van der Waals surface area contributed by atoms with E-state index in [0.717, 1.165) is 44.9 Å². The van der Waals surface area contributed by atoms with Gasteiger partial charge in [0.25, 0.3) is 0 Å². The Labute approximate surface area is 127 Å². The molecular weight excluding hydrogens is 268 g/mol. The van der Waals surface area contributed by atoms with Crippen LogP contribution < -0.4 is 0 Å². The van der Waals surface area contributed by atoms with Crippen LogP contribution in [0, 0.1) is 6.92 Å². The third kappa shape index (κ3) is 5.52. The van der Waals surface area contributed by atoms with Gasteiger partial charge in [0.05, 0.1) is 6.54 Å². The summed E-state index contributed by atoms with van der Waals surface area (Å²) < 4.78 is 5.43. The second-order valence-electron chi connectivity index (χ2n) is 5.28. The minimum absolute atomic E-state index is 0.0594. The number of nitrogens with zero attached hydrogens (tertiary/aromatic N) is 2. The number of carbonyl (C=O) groups is 1. The van der Waals surface area contributed by atoms with Crippen molar-refractivity contribution in [3.63, 3.8) is 0 Å². The van der Waals surface area contributed by atoms with E-state index in [1.165, 1.54) is 0 Å². The van der Waals surface area contributed by atoms with Crippen LogP contribution in [0.2, 0.25) is 0 Å². The molecule has 0 fully saturated rings. The predicted molar refractivity (Wildman–Crippen MR) is 83.8 cm³/mol. The number of rotatable bonds is 10. The molecule has 0 amide bonds. The summed E-state index contributed by atoms with van der Waals surface area (Å²) >= 11 is 0. The van der Waals surface area contributed by atoms with Crippen molar-refractivity contribution in [1.29, 1.82) is 0 Å². The van der Waals surface area contributed by atoms with E-state index in [9.17, 15) is 4.79 Å². The maximum absolute atomic E-state index is 11.0. The highest BCUT2D eigenvalue weighted by Crippen LogP contribution is 2.16. The van der Waals surface area contributed by atoms with Gasteiger partial charge in [-0.1, -0.05) is 20.8 Å². The Hall–Kier alpha value is -1.33. The lowest BCUT2D eigenvalue weighted by Gasteiger charge is -2.22. The Morgan fingerprint density at radius 3 is 2.19 bits per heavy atom. The molecule has 1 N–H and O–H groups in total. The molecule has 0 aliphatic carbocycles. The lowest BCUT2D eigenvalue weighted by Crippen LogP contribution is -2.29. The summed E-state index contributed by atoms with van der Waals surface area (Å²) in [5.74, 6) is -0.206. The van der Waals surface area contributed by atoms with E-state index in [0.29, 0.717) is 12.1 Å². The molecule has 0 radical (unpaired) electrons. The van der Waals surface area contributed by atoms with Crippen molar-refractivity contribution >= 4 is 5.97 Å². The van der Waals surface area contributed by atoms with Gasteiger partial charge < -0.3 is 14.4 Å². The molecule has 0 saturated carbocycles. The number of aryl methyl sites for hydroxylation is 1. The zero-order chi connectivity index (χ0) is 15.8. The van der Waals surface area contributed by atoms with E-state index in [4.69, 9.17) is 9.52 Å². The van der Waals surface area contributed by atoms with Crippen LogP contribution in [0.4, 0.5) is 0 Å². The summed E-state index contributed by atoms with van der Waals surface area (Å²) in [6, 6.07) is 1.83. The van der Waals surface area contributed by atoms with Crippen LogP contribution >= 0.6 is 0 Å². The van der Waals surface area contributed by atoms with Gasteiger partial charge in [-0.05, 0) is 52.1 Å². The fourth-order valence-electron chi connectivity index (χ4n) is 2.47. The normalized spacial score (nSPS) is 11.5. The van der Waals surface area contributed by atoms with E-state index in [2.05, 4.69) is 30.6 Å². The Balaban J connectivity index is 2.50. The molecule has 120 valence electrons. The number of carboxylic acids is 1. The van der Waals surface area contributed by atoms with E-state index < -0.39 is 5.97 Å². The molecule has 1 aromatic heterocycles. The molecule has 0 aliphatic heterocycles. The molecule has 0 aromatic carbocycles. The van der Waals surface area contributed by atoms with Crippen molar-refractivity contribution < 1.29 is 14.3 Å². The summed E-state index contributed by atoms with van der Waals surface area (Å²) in [6.45, 7) is 14.1. The van der Waals surface area contributed by atoms with Crippen molar-refractivity contribution in [1.82, 2.24) is 9.80 Å². The quantitative estimate of drug-likeness (QED) is 0.719. The zero-order valence-corrected chi connectivity index (χ0v) is 13.7. The SMILES string of the molecule is CCN(CC)CCCN(CC)Cc1cc(C)c(C(=O)O)o1. The monoisotopic (exact) mass is 296 g/mol. The highest BCUT2D eigenvalue weighted by Gasteiger charge is 2.15. The van der Waals surface area contributed by atoms with Gasteiger partial charge in [0.2, 0.25) is 5.76 Å². The fourth-order valence-corrected chi connectivity index (χ4v) is 2.47. The first-order valence-corrected chi connectivity index (χ1v) is 7.79. The number of hydrogen-bond donors (Lipinski definition) is 1. The molecule has 0 aliphatic rings. The van der Waals surface area contributed by atoms with E-state index in [1.807, 2.05) is 6.07 Å². The molecule has 0 saturated heterocycles. The number of carboxylic acid groups (broad SMARTS) is 1. The smallest absolute Gasteiger partial charge is 0.372 e. The minimum Gasteiger partial charge on any atom is -0.475 e. The molecule has 0 bridgehead atoms. The van der Waals surface area contributed by atoms with Crippen molar-refractivity contribution in [2.24, 2.45) is 0 Å². The highest BCUT2D eigenvalue weighted by atomic mass is 16.4. The van der Waals surface area contributed by atoms with Crippen LogP contribution in [0.25, 0.3) is 0 Å². The number of furan rings is 1. The van der Waals surface area contributed by atoms with E-state index >= 15 is 0 Å². The molecule has 1 rings (SSSR count). The summed E-state index contributed by atoms with van der Waals surface area (Å²) in [5, 5.41) is 9.01. The minimum atomic E-state index is -0.997. The van der Waals surface area contributed by atoms with E-state index in [1.54, 1.807) is 6.92 Å². The molecule has 0 spiro atoms. The van der Waals surface area contributed by atoms with Gasteiger partial charge in [-0.15, -0.1) is 0 Å². The van der Waals surface area contributed by atoms with Crippen molar-refractivity contribution in [2.75, 3.05) is 32.7 Å². The van der Waals surface area contributed by atoms with Crippen molar-refractivity contribution in [2.45, 2.75) is 40.7 Å². The van der Waals surface area contributed by atoms with Gasteiger partial charge >= 0.3 is 5.97 Å². The third-order valence-corrected chi connectivity index (χ3v) is 3.83. The predicted octanol–water partition coefficient (Wildman–Crippen LogP) is 2.84. The first-order chi connectivity index (χ1) is 10.0. The molecule has 1 aromatic rings. The van der Waals surface area contributed by atoms with Gasteiger partial charge in [0.1, 0.15) is 5.76 Å². The summed E-state index contributed by atoms with van der Waals surface area (Å²) in [6.07, 6.45) is 1.11. The number of hydrogen-bond acceptors (Lipinski definition) is 4. The van der Waals surface area contributed by atoms with Gasteiger partial charge in [0, 0.05) is 5.56 Å². The van der Waals surface area contributed by atoms with Gasteiger partial charge in [-0.25, -0.2) is 4.79 Å². The Bertz CT molecular complexity index is 439. The molecule has 1 heterocycles. The molecule has 0 unspecified atom stereocenters. The second kappa shape index (κ2) is 8.85. The number of aromatic carboxylic acids is 1. The second-order valence-corrected chi connectivity index (χ2v) is 5.28. The third-order valence-electron chi connectivity index (χ3n) is 3.83. The first kappa shape index (κ1) is 17.7. The molecule has 21 heavy (non-hydrogen) atoms. The highest BCUT2D eigenvalue weighted by molar-refractivity contribution is 5.86. The van der Waals surface area contributed by atoms with E-state index in [-0.39, 0.29) is 5.76 Å². The average molecular weight is 296 g/mol. The lowest BCUT2D eigenvalue weighted by atomic mass is 10.2. The first-order valence-electron chi connectivity index (χ1n) is 7.79. The van der Waals surface area contributed by atoms with Crippen LogP contribution in [-0.4, -0.2) is 53.6 Å². The van der Waals surface area contributed by atoms with Crippen LogP contribution in [-0.2, 0) is 6.54 Å². The summed E-state index contributed by atoms with van der Waals surface area (Å²) in [5.41, 5.74) is 0.691. The zero-order valence-electron chi connectivity index (χ0n) is 13.7. The standard InChI is InChI=1S/C16H28N2O3/c1-5-17(6-2)9-8-10-18(7-3)12-14-11-13(4)15(21-14)16(19)20/h11H,5-10,12H2,1-4H3,(H,19,20). The van der Waals surface area contributed by atoms with Crippen LogP contribution in [0.1, 0.15) is 49.1 Å². The summed E-state index contributed by atoms with van der Waals surface area (Å²) in [4.78, 5) is 15.7. The van der Waals surface area contributed by atoms with Gasteiger partial charge in [-0.2, -0.15) is 0 Å². The maximum atomic E-state index is 11.0. The molecule has 0 atom stereocenters. The fraction of sp³-hybridized carbons (Fsp3) is 0.688. The molecule has 5 nitrogen and oxygen atoms in total. The van der Waals surface area contributed by atoms with Crippen molar-refractivity contribution in [3.05, 3.63) is 23.2 Å². The Morgan fingerprint density at radius 2 is 1.71 bits per heavy atom. The molecular formula is C16H28N2O3. The maximum Gasteiger partial charge on any atom is 0.372 e. The topological polar surface area (TPSA) is 56.9 Å². The molecule has 5 heteroatoms. The van der Waals surface area contributed by atoms with Crippen molar-refractivity contribution in [3.8, 4) is 0 Å². The van der Waals surface area contributed by atoms with Crippen LogP contribution in [0.15, 0.2) is 10.5 Å². The van der Waals surface area contributed by atoms with Crippen LogP contribution in [0.3, 0.4) is 0 Å². The van der Waals surface area contributed by atoms with Crippen LogP contribution in [0.5, 0.6) is 0 Å². The summed E-state index contributed by atoms with van der Waals surface area (Å²) in [7, 11) is 0. The Morgan fingerprint density at radius 1 is 1.14 bits per heavy atom. The largest absolute Gasteiger partial charge is 0.475 e. The van der Waals surface area contributed by atoms with Gasteiger partial charge in [-0.3, -0.25) is 4.90 Å². The lowest BCUT2D eigenvalue weighted by molar-refractivity contribution is 0.0657. The van der Waals surface area contributed by atoms with Gasteiger partial charge in [0.15, 0.2) is 0 Å². The average Bonchev–Trinajstić information content (AvgIpc) is 2.83.